The minimum atomic E-state index is -0.985. The number of hydrogen-bond donors (Lipinski definition) is 2. The van der Waals surface area contributed by atoms with Gasteiger partial charge in [-0.1, -0.05) is 25.1 Å². The predicted octanol–water partition coefficient (Wildman–Crippen LogP) is 1.71. The highest BCUT2D eigenvalue weighted by Crippen LogP contribution is 2.31. The van der Waals surface area contributed by atoms with E-state index in [0.29, 0.717) is 16.9 Å². The monoisotopic (exact) mass is 341 g/mol. The maximum Gasteiger partial charge on any atom is 0.339 e. The molecule has 1 aliphatic carbocycles. The van der Waals surface area contributed by atoms with E-state index in [1.807, 2.05) is 29.6 Å². The molecule has 0 saturated heterocycles. The van der Waals surface area contributed by atoms with Gasteiger partial charge in [-0.25, -0.2) is 9.59 Å². The maximum absolute atomic E-state index is 12.7. The van der Waals surface area contributed by atoms with Crippen molar-refractivity contribution in [3.63, 3.8) is 0 Å². The van der Waals surface area contributed by atoms with Crippen molar-refractivity contribution in [1.82, 2.24) is 10.3 Å². The summed E-state index contributed by atoms with van der Waals surface area (Å²) in [5.74, 6) is -0.912. The fourth-order valence-corrected chi connectivity index (χ4v) is 3.17. The van der Waals surface area contributed by atoms with E-state index in [9.17, 15) is 14.4 Å². The molecular formula is C18H19N3O4. The van der Waals surface area contributed by atoms with Crippen molar-refractivity contribution in [3.8, 4) is 0 Å². The summed E-state index contributed by atoms with van der Waals surface area (Å²) in [4.78, 5) is 39.5. The van der Waals surface area contributed by atoms with Crippen LogP contribution in [0.3, 0.4) is 0 Å². The fraction of sp³-hybridized carbons (Fsp3) is 0.333. The predicted molar refractivity (Wildman–Crippen MR) is 90.9 cm³/mol. The minimum absolute atomic E-state index is 0.445. The van der Waals surface area contributed by atoms with Crippen LogP contribution >= 0.6 is 0 Å². The van der Waals surface area contributed by atoms with E-state index >= 15 is 0 Å². The van der Waals surface area contributed by atoms with Gasteiger partial charge in [0.1, 0.15) is 0 Å². The largest absolute Gasteiger partial charge is 0.452 e. The number of para-hydroxylation sites is 1. The Morgan fingerprint density at radius 1 is 1.32 bits per heavy atom. The normalized spacial score (nSPS) is 16.1. The number of fused-ring (bicyclic) bond motifs is 2. The van der Waals surface area contributed by atoms with Crippen molar-refractivity contribution in [2.45, 2.75) is 26.2 Å². The molecule has 0 saturated carbocycles. The lowest BCUT2D eigenvalue weighted by atomic mass is 9.84. The van der Waals surface area contributed by atoms with Gasteiger partial charge in [0.2, 0.25) is 0 Å². The molecule has 25 heavy (non-hydrogen) atoms. The Hall–Kier alpha value is -2.96. The van der Waals surface area contributed by atoms with E-state index in [4.69, 9.17) is 10.5 Å². The molecular weight excluding hydrogens is 322 g/mol. The number of ether oxygens (including phenoxy) is 1. The summed E-state index contributed by atoms with van der Waals surface area (Å²) in [6.45, 7) is 1.57. The summed E-state index contributed by atoms with van der Waals surface area (Å²) in [5, 5.41) is 2.57. The van der Waals surface area contributed by atoms with Gasteiger partial charge in [0.15, 0.2) is 6.61 Å². The first kappa shape index (κ1) is 16.9. The molecule has 0 radical (unpaired) electrons. The highest BCUT2D eigenvalue weighted by atomic mass is 16.5. The molecule has 7 nitrogen and oxygen atoms in total. The molecule has 7 heteroatoms. The van der Waals surface area contributed by atoms with Gasteiger partial charge in [-0.2, -0.15) is 0 Å². The van der Waals surface area contributed by atoms with Crippen LogP contribution in [0.4, 0.5) is 4.79 Å². The number of amides is 3. The summed E-state index contributed by atoms with van der Waals surface area (Å²) in [6.07, 6.45) is 2.57. The second-order valence-corrected chi connectivity index (χ2v) is 6.27. The highest BCUT2D eigenvalue weighted by Gasteiger charge is 2.26. The van der Waals surface area contributed by atoms with Crippen molar-refractivity contribution in [2.24, 2.45) is 11.7 Å². The number of carbonyl (C=O) groups is 3. The molecule has 130 valence electrons. The van der Waals surface area contributed by atoms with E-state index in [-0.39, 0.29) is 0 Å². The summed E-state index contributed by atoms with van der Waals surface area (Å²) < 4.78 is 5.11. The number of urea groups is 1. The topological polar surface area (TPSA) is 111 Å². The third-order valence-corrected chi connectivity index (χ3v) is 4.31. The molecule has 0 unspecified atom stereocenters. The number of primary amides is 1. The Morgan fingerprint density at radius 3 is 2.84 bits per heavy atom. The number of nitrogens with one attached hydrogen (secondary N) is 1. The standard InChI is InChI=1S/C18H19N3O4/c1-10-6-7-14-12(8-10)16(11-4-2-3-5-13(11)20-14)17(23)25-9-15(22)21-18(19)24/h2-5,10H,6-9H2,1H3,(H3,19,21,22,24)/t10-/m1/s1. The first-order valence-corrected chi connectivity index (χ1v) is 8.12. The van der Waals surface area contributed by atoms with E-state index in [0.717, 1.165) is 36.0 Å². The van der Waals surface area contributed by atoms with Crippen molar-refractivity contribution in [3.05, 3.63) is 41.1 Å². The van der Waals surface area contributed by atoms with Gasteiger partial charge in [0, 0.05) is 11.1 Å². The van der Waals surface area contributed by atoms with Crippen molar-refractivity contribution >= 4 is 28.8 Å². The van der Waals surface area contributed by atoms with Crippen LogP contribution in [0.25, 0.3) is 10.9 Å². The summed E-state index contributed by atoms with van der Waals surface area (Å²) in [7, 11) is 0. The number of benzene rings is 1. The number of carbonyl (C=O) groups excluding carboxylic acids is 3. The lowest BCUT2D eigenvalue weighted by molar-refractivity contribution is -0.123. The number of aryl methyl sites for hydroxylation is 1. The van der Waals surface area contributed by atoms with Gasteiger partial charge in [0.25, 0.3) is 5.91 Å². The van der Waals surface area contributed by atoms with Gasteiger partial charge in [0.05, 0.1) is 11.1 Å². The van der Waals surface area contributed by atoms with Gasteiger partial charge in [-0.3, -0.25) is 15.1 Å². The molecule has 0 spiro atoms. The van der Waals surface area contributed by atoms with Crippen LogP contribution in [-0.4, -0.2) is 29.5 Å². The number of aromatic nitrogens is 1. The number of hydrogen-bond acceptors (Lipinski definition) is 5. The summed E-state index contributed by atoms with van der Waals surface area (Å²) in [5.41, 5.74) is 7.85. The molecule has 3 amide bonds. The molecule has 1 aliphatic rings. The van der Waals surface area contributed by atoms with Crippen LogP contribution in [0, 0.1) is 5.92 Å². The number of imide groups is 1. The van der Waals surface area contributed by atoms with Crippen LogP contribution < -0.4 is 11.1 Å². The van der Waals surface area contributed by atoms with E-state index in [1.165, 1.54) is 0 Å². The quantitative estimate of drug-likeness (QED) is 0.826. The molecule has 3 rings (SSSR count). The Balaban J connectivity index is 1.96. The lowest BCUT2D eigenvalue weighted by Crippen LogP contribution is -2.37. The van der Waals surface area contributed by atoms with E-state index < -0.39 is 24.5 Å². The van der Waals surface area contributed by atoms with Crippen molar-refractivity contribution < 1.29 is 19.1 Å². The third-order valence-electron chi connectivity index (χ3n) is 4.31. The van der Waals surface area contributed by atoms with Gasteiger partial charge in [-0.05, 0) is 36.8 Å². The average molecular weight is 341 g/mol. The Kier molecular flexibility index (Phi) is 4.65. The fourth-order valence-electron chi connectivity index (χ4n) is 3.17. The molecule has 0 fully saturated rings. The Labute approximate surface area is 144 Å². The average Bonchev–Trinajstić information content (AvgIpc) is 2.57. The number of rotatable bonds is 3. The van der Waals surface area contributed by atoms with Gasteiger partial charge >= 0.3 is 12.0 Å². The zero-order valence-corrected chi connectivity index (χ0v) is 13.9. The summed E-state index contributed by atoms with van der Waals surface area (Å²) >= 11 is 0. The van der Waals surface area contributed by atoms with Crippen LogP contribution in [0.2, 0.25) is 0 Å². The molecule has 2 aromatic rings. The highest BCUT2D eigenvalue weighted by molar-refractivity contribution is 6.06. The van der Waals surface area contributed by atoms with Crippen molar-refractivity contribution in [1.29, 1.82) is 0 Å². The Bertz CT molecular complexity index is 863. The number of pyridine rings is 1. The minimum Gasteiger partial charge on any atom is -0.452 e. The number of esters is 1. The van der Waals surface area contributed by atoms with Gasteiger partial charge in [-0.15, -0.1) is 0 Å². The number of nitrogens with zero attached hydrogens (tertiary/aromatic N) is 1. The zero-order valence-electron chi connectivity index (χ0n) is 13.9. The molecule has 0 bridgehead atoms. The third kappa shape index (κ3) is 3.60. The zero-order chi connectivity index (χ0) is 18.0. The second kappa shape index (κ2) is 6.88. The summed E-state index contributed by atoms with van der Waals surface area (Å²) in [6, 6.07) is 6.38. The molecule has 1 aromatic heterocycles. The molecule has 1 atom stereocenters. The SMILES string of the molecule is C[C@@H]1CCc2nc3ccccc3c(C(=O)OCC(=O)NC(N)=O)c2C1. The van der Waals surface area contributed by atoms with Crippen LogP contribution in [0.15, 0.2) is 24.3 Å². The van der Waals surface area contributed by atoms with E-state index in [2.05, 4.69) is 11.9 Å². The second-order valence-electron chi connectivity index (χ2n) is 6.27. The lowest BCUT2D eigenvalue weighted by Gasteiger charge is -2.24. The number of nitrogens with two attached hydrogens (primary N) is 1. The smallest absolute Gasteiger partial charge is 0.339 e. The maximum atomic E-state index is 12.7. The van der Waals surface area contributed by atoms with E-state index in [1.54, 1.807) is 0 Å². The molecule has 1 aromatic carbocycles. The first-order chi connectivity index (χ1) is 12.0. The van der Waals surface area contributed by atoms with Gasteiger partial charge < -0.3 is 10.5 Å². The first-order valence-electron chi connectivity index (χ1n) is 8.12. The van der Waals surface area contributed by atoms with Crippen LogP contribution in [0.1, 0.15) is 35.0 Å². The molecule has 3 N–H and O–H groups in total. The molecule has 0 aliphatic heterocycles. The van der Waals surface area contributed by atoms with Crippen LogP contribution in [-0.2, 0) is 22.4 Å². The van der Waals surface area contributed by atoms with Crippen LogP contribution in [0.5, 0.6) is 0 Å². The van der Waals surface area contributed by atoms with Crippen molar-refractivity contribution in [2.75, 3.05) is 6.61 Å². The Morgan fingerprint density at radius 2 is 2.08 bits per heavy atom. The molecule has 1 heterocycles.